The lowest BCUT2D eigenvalue weighted by atomic mass is 9.88. The van der Waals surface area contributed by atoms with Crippen molar-refractivity contribution in [2.24, 2.45) is 0 Å². The minimum absolute atomic E-state index is 0.0445. The number of aromatic nitrogens is 1. The van der Waals surface area contributed by atoms with E-state index in [2.05, 4.69) is 46.3 Å². The van der Waals surface area contributed by atoms with Crippen LogP contribution in [0.5, 0.6) is 0 Å². The Labute approximate surface area is 156 Å². The summed E-state index contributed by atoms with van der Waals surface area (Å²) >= 11 is 0. The van der Waals surface area contributed by atoms with Crippen molar-refractivity contribution in [2.45, 2.75) is 44.0 Å². The topological polar surface area (TPSA) is 34.6 Å². The maximum absolute atomic E-state index is 6.23. The first-order valence-corrected chi connectivity index (χ1v) is 9.72. The maximum Gasteiger partial charge on any atom is 0.0840 e. The van der Waals surface area contributed by atoms with E-state index in [1.807, 2.05) is 12.3 Å². The van der Waals surface area contributed by atoms with E-state index in [0.29, 0.717) is 6.61 Å². The van der Waals surface area contributed by atoms with Crippen LogP contribution in [-0.2, 0) is 22.5 Å². The van der Waals surface area contributed by atoms with Gasteiger partial charge in [-0.1, -0.05) is 36.4 Å². The van der Waals surface area contributed by atoms with Crippen molar-refractivity contribution in [1.29, 1.82) is 0 Å². The summed E-state index contributed by atoms with van der Waals surface area (Å²) in [4.78, 5) is 6.72. The fourth-order valence-electron chi connectivity index (χ4n) is 4.07. The number of ether oxygens (including phenoxy) is 2. The lowest BCUT2D eigenvalue weighted by Gasteiger charge is -2.38. The van der Waals surface area contributed by atoms with Gasteiger partial charge in [0, 0.05) is 38.4 Å². The van der Waals surface area contributed by atoms with Gasteiger partial charge in [-0.25, -0.2) is 0 Å². The molecule has 0 aliphatic carbocycles. The molecule has 0 N–H and O–H groups in total. The van der Waals surface area contributed by atoms with Crippen molar-refractivity contribution in [3.8, 4) is 0 Å². The summed E-state index contributed by atoms with van der Waals surface area (Å²) in [5.74, 6) is 0. The summed E-state index contributed by atoms with van der Waals surface area (Å²) in [5.41, 5.74) is 2.60. The number of hydrogen-bond acceptors (Lipinski definition) is 4. The van der Waals surface area contributed by atoms with Crippen LogP contribution in [0, 0.1) is 0 Å². The van der Waals surface area contributed by atoms with Gasteiger partial charge in [-0.05, 0) is 36.5 Å². The van der Waals surface area contributed by atoms with Crippen LogP contribution in [0.4, 0.5) is 0 Å². The number of likely N-dealkylation sites (tertiary alicyclic amines) is 1. The molecule has 2 saturated heterocycles. The van der Waals surface area contributed by atoms with Crippen LogP contribution in [0.2, 0.25) is 0 Å². The van der Waals surface area contributed by atoms with Gasteiger partial charge in [-0.15, -0.1) is 0 Å². The summed E-state index contributed by atoms with van der Waals surface area (Å²) in [6.07, 6.45) is 8.28. The third kappa shape index (κ3) is 4.50. The van der Waals surface area contributed by atoms with Crippen LogP contribution < -0.4 is 0 Å². The predicted molar refractivity (Wildman–Crippen MR) is 102 cm³/mol. The smallest absolute Gasteiger partial charge is 0.0840 e. The highest BCUT2D eigenvalue weighted by atomic mass is 16.6. The molecule has 0 bridgehead atoms. The second-order valence-electron chi connectivity index (χ2n) is 7.57. The Morgan fingerprint density at radius 2 is 1.88 bits per heavy atom. The Hall–Kier alpha value is -1.75. The lowest BCUT2D eigenvalue weighted by molar-refractivity contribution is -0.0453. The minimum Gasteiger partial charge on any atom is -0.372 e. The molecule has 3 heterocycles. The molecule has 2 aliphatic heterocycles. The van der Waals surface area contributed by atoms with Gasteiger partial charge in [-0.3, -0.25) is 4.98 Å². The number of benzene rings is 1. The quantitative estimate of drug-likeness (QED) is 0.797. The van der Waals surface area contributed by atoms with Crippen LogP contribution in [0.25, 0.3) is 0 Å². The molecule has 1 atom stereocenters. The fourth-order valence-corrected chi connectivity index (χ4v) is 4.07. The number of pyridine rings is 1. The van der Waals surface area contributed by atoms with Gasteiger partial charge in [0.1, 0.15) is 0 Å². The fraction of sp³-hybridized carbons (Fsp3) is 0.500. The third-order valence-corrected chi connectivity index (χ3v) is 5.71. The van der Waals surface area contributed by atoms with E-state index in [-0.39, 0.29) is 11.7 Å². The van der Waals surface area contributed by atoms with Crippen molar-refractivity contribution >= 4 is 0 Å². The second-order valence-corrected chi connectivity index (χ2v) is 7.57. The highest BCUT2D eigenvalue weighted by Gasteiger charge is 2.42. The van der Waals surface area contributed by atoms with E-state index in [1.54, 1.807) is 6.20 Å². The van der Waals surface area contributed by atoms with Crippen LogP contribution in [0.3, 0.4) is 0 Å². The molecule has 138 valence electrons. The van der Waals surface area contributed by atoms with Gasteiger partial charge in [-0.2, -0.15) is 0 Å². The third-order valence-electron chi connectivity index (χ3n) is 5.71. The highest BCUT2D eigenvalue weighted by Crippen LogP contribution is 2.37. The molecule has 0 radical (unpaired) electrons. The van der Waals surface area contributed by atoms with Gasteiger partial charge in [0.2, 0.25) is 0 Å². The first-order chi connectivity index (χ1) is 12.8. The summed E-state index contributed by atoms with van der Waals surface area (Å²) < 4.78 is 12.3. The molecule has 4 heteroatoms. The summed E-state index contributed by atoms with van der Waals surface area (Å²) in [6, 6.07) is 14.8. The van der Waals surface area contributed by atoms with E-state index in [1.165, 1.54) is 5.56 Å². The van der Waals surface area contributed by atoms with Crippen molar-refractivity contribution in [1.82, 2.24) is 9.88 Å². The summed E-state index contributed by atoms with van der Waals surface area (Å²) in [5, 5.41) is 0. The summed E-state index contributed by atoms with van der Waals surface area (Å²) in [7, 11) is 0. The summed E-state index contributed by atoms with van der Waals surface area (Å²) in [6.45, 7) is 4.75. The molecule has 4 nitrogen and oxygen atoms in total. The number of rotatable bonds is 6. The Morgan fingerprint density at radius 1 is 1.08 bits per heavy atom. The van der Waals surface area contributed by atoms with Crippen molar-refractivity contribution < 1.29 is 9.47 Å². The van der Waals surface area contributed by atoms with Crippen LogP contribution in [0.15, 0.2) is 54.9 Å². The molecule has 0 saturated carbocycles. The molecule has 4 rings (SSSR count). The number of piperidine rings is 1. The monoisotopic (exact) mass is 352 g/mol. The van der Waals surface area contributed by atoms with E-state index in [0.717, 1.165) is 57.5 Å². The van der Waals surface area contributed by atoms with Crippen molar-refractivity contribution in [3.63, 3.8) is 0 Å². The average Bonchev–Trinajstić information content (AvgIpc) is 3.10. The number of hydrogen-bond donors (Lipinski definition) is 0. The van der Waals surface area contributed by atoms with Crippen LogP contribution in [-0.4, -0.2) is 47.8 Å². The van der Waals surface area contributed by atoms with E-state index < -0.39 is 0 Å². The highest BCUT2D eigenvalue weighted by molar-refractivity contribution is 5.15. The molecule has 0 unspecified atom stereocenters. The normalized spacial score (nSPS) is 22.7. The zero-order valence-electron chi connectivity index (χ0n) is 15.3. The molecule has 2 fully saturated rings. The molecule has 1 aromatic heterocycles. The molecule has 2 aromatic rings. The molecule has 1 spiro atoms. The molecule has 2 aliphatic rings. The lowest BCUT2D eigenvalue weighted by Crippen LogP contribution is -2.44. The molecule has 26 heavy (non-hydrogen) atoms. The molecule has 1 aromatic carbocycles. The van der Waals surface area contributed by atoms with Crippen molar-refractivity contribution in [3.05, 3.63) is 66.0 Å². The van der Waals surface area contributed by atoms with Gasteiger partial charge >= 0.3 is 0 Å². The molecular formula is C22H28N2O2. The average molecular weight is 352 g/mol. The zero-order chi connectivity index (χ0) is 17.7. The minimum atomic E-state index is 0.0445. The predicted octanol–water partition coefficient (Wildman–Crippen LogP) is 3.46. The van der Waals surface area contributed by atoms with E-state index in [9.17, 15) is 0 Å². The standard InChI is InChI=1S/C22H28N2O2/c1-2-5-19(6-3-1)8-12-24-13-9-22(10-14-24)15-21(18-26-22)25-17-20-7-4-11-23-16-20/h1-7,11,16,21H,8-10,12-15,17-18H2/t21-/m1/s1. The first kappa shape index (κ1) is 17.7. The van der Waals surface area contributed by atoms with Gasteiger partial charge in [0.15, 0.2) is 0 Å². The van der Waals surface area contributed by atoms with Crippen LogP contribution >= 0.6 is 0 Å². The Bertz CT molecular complexity index is 669. The van der Waals surface area contributed by atoms with E-state index in [4.69, 9.17) is 9.47 Å². The SMILES string of the molecule is c1ccc(CCN2CCC3(CC2)C[C@@H](OCc2cccnc2)CO3)cc1. The Morgan fingerprint density at radius 3 is 2.65 bits per heavy atom. The van der Waals surface area contributed by atoms with Gasteiger partial charge in [0.05, 0.1) is 24.9 Å². The zero-order valence-corrected chi connectivity index (χ0v) is 15.3. The molecular weight excluding hydrogens is 324 g/mol. The van der Waals surface area contributed by atoms with Crippen molar-refractivity contribution in [2.75, 3.05) is 26.2 Å². The van der Waals surface area contributed by atoms with Gasteiger partial charge in [0.25, 0.3) is 0 Å². The van der Waals surface area contributed by atoms with Gasteiger partial charge < -0.3 is 14.4 Å². The Kier molecular flexibility index (Phi) is 5.63. The van der Waals surface area contributed by atoms with Crippen LogP contribution in [0.1, 0.15) is 30.4 Å². The maximum atomic E-state index is 6.23. The second kappa shape index (κ2) is 8.30. The first-order valence-electron chi connectivity index (χ1n) is 9.72. The largest absolute Gasteiger partial charge is 0.372 e. The number of nitrogens with zero attached hydrogens (tertiary/aromatic N) is 2. The molecule has 0 amide bonds. The van der Waals surface area contributed by atoms with E-state index >= 15 is 0 Å². The Balaban J connectivity index is 1.20.